The van der Waals surface area contributed by atoms with Crippen LogP contribution in [0.5, 0.6) is 0 Å². The molecule has 0 bridgehead atoms. The predicted octanol–water partition coefficient (Wildman–Crippen LogP) is 3.52. The third-order valence-electron chi connectivity index (χ3n) is 5.97. The molecule has 33 heavy (non-hydrogen) atoms. The number of rotatable bonds is 9. The van der Waals surface area contributed by atoms with Crippen LogP contribution in [-0.2, 0) is 14.3 Å². The fourth-order valence-electron chi connectivity index (χ4n) is 4.97. The molecule has 9 nitrogen and oxygen atoms in total. The van der Waals surface area contributed by atoms with Crippen molar-refractivity contribution in [3.8, 4) is 0 Å². The molecule has 0 saturated heterocycles. The Morgan fingerprint density at radius 2 is 1.94 bits per heavy atom. The number of aliphatic carboxylic acids is 1. The third kappa shape index (κ3) is 9.35. The maximum Gasteiger partial charge on any atom is 0.407 e. The van der Waals surface area contributed by atoms with Crippen molar-refractivity contribution in [3.63, 3.8) is 0 Å². The number of ether oxygens (including phenoxy) is 2. The van der Waals surface area contributed by atoms with Crippen molar-refractivity contribution in [2.75, 3.05) is 33.4 Å². The van der Waals surface area contributed by atoms with Crippen molar-refractivity contribution in [1.82, 2.24) is 15.5 Å². The van der Waals surface area contributed by atoms with Crippen molar-refractivity contribution >= 4 is 18.1 Å². The van der Waals surface area contributed by atoms with E-state index in [2.05, 4.69) is 50.5 Å². The van der Waals surface area contributed by atoms with Crippen LogP contribution in [0.2, 0.25) is 0 Å². The van der Waals surface area contributed by atoms with E-state index in [1.54, 1.807) is 0 Å². The normalized spacial score (nSPS) is 26.0. The molecule has 186 valence electrons. The van der Waals surface area contributed by atoms with Crippen molar-refractivity contribution in [2.24, 2.45) is 16.7 Å². The number of nitrogens with one attached hydrogen (secondary N) is 2. The Morgan fingerprint density at radius 1 is 1.21 bits per heavy atom. The van der Waals surface area contributed by atoms with E-state index >= 15 is 0 Å². The van der Waals surface area contributed by atoms with Gasteiger partial charge in [-0.2, -0.15) is 0 Å². The number of carbonyl (C=O) groups excluding carboxylic acids is 2. The predicted molar refractivity (Wildman–Crippen MR) is 125 cm³/mol. The second-order valence-corrected chi connectivity index (χ2v) is 10.5. The smallest absolute Gasteiger partial charge is 0.407 e. The van der Waals surface area contributed by atoms with Crippen LogP contribution in [0, 0.1) is 16.7 Å². The number of likely N-dealkylation sites (N-methyl/N-ethyl adjacent to an activating group) is 1. The minimum atomic E-state index is -1.06. The largest absolute Gasteiger partial charge is 0.490 e. The summed E-state index contributed by atoms with van der Waals surface area (Å²) in [4.78, 5) is 36.5. The minimum Gasteiger partial charge on any atom is -0.490 e. The molecule has 0 aromatic carbocycles. The molecule has 1 fully saturated rings. The monoisotopic (exact) mass is 465 g/mol. The quantitative estimate of drug-likeness (QED) is 0.449. The molecular weight excluding hydrogens is 426 g/mol. The number of hydrogen-bond donors (Lipinski definition) is 3. The molecule has 3 atom stereocenters. The number of hydrogen-bond acceptors (Lipinski definition) is 5. The Kier molecular flexibility index (Phi) is 9.19. The van der Waals surface area contributed by atoms with E-state index in [1.807, 2.05) is 6.08 Å². The van der Waals surface area contributed by atoms with Crippen molar-refractivity contribution in [3.05, 3.63) is 24.0 Å². The van der Waals surface area contributed by atoms with E-state index in [4.69, 9.17) is 14.6 Å². The summed E-state index contributed by atoms with van der Waals surface area (Å²) in [5.41, 5.74) is -0.290. The zero-order valence-corrected chi connectivity index (χ0v) is 20.5. The van der Waals surface area contributed by atoms with Gasteiger partial charge in [0.15, 0.2) is 0 Å². The highest BCUT2D eigenvalue weighted by molar-refractivity contribution is 5.79. The molecule has 2 aliphatic carbocycles. The molecular formula is C24H39N3O6. The Labute approximate surface area is 196 Å². The highest BCUT2D eigenvalue weighted by atomic mass is 16.6. The summed E-state index contributed by atoms with van der Waals surface area (Å²) in [7, 11) is 1.45. The van der Waals surface area contributed by atoms with Crippen molar-refractivity contribution in [2.45, 2.75) is 59.4 Å². The van der Waals surface area contributed by atoms with Crippen LogP contribution in [0.1, 0.15) is 53.4 Å². The van der Waals surface area contributed by atoms with Gasteiger partial charge in [0, 0.05) is 19.6 Å². The summed E-state index contributed by atoms with van der Waals surface area (Å²) in [5, 5.41) is 14.7. The number of amides is 3. The van der Waals surface area contributed by atoms with Gasteiger partial charge in [0.05, 0.1) is 0 Å². The Bertz CT molecular complexity index is 778. The molecule has 0 aromatic heterocycles. The summed E-state index contributed by atoms with van der Waals surface area (Å²) in [5.74, 6) is 0.187. The first-order valence-electron chi connectivity index (χ1n) is 11.5. The van der Waals surface area contributed by atoms with Crippen molar-refractivity contribution < 1.29 is 29.0 Å². The number of urea groups is 1. The molecule has 0 heterocycles. The second kappa shape index (κ2) is 11.4. The summed E-state index contributed by atoms with van der Waals surface area (Å²) >= 11 is 0. The highest BCUT2D eigenvalue weighted by Crippen LogP contribution is 2.45. The Morgan fingerprint density at radius 3 is 2.61 bits per heavy atom. The fourth-order valence-corrected chi connectivity index (χ4v) is 4.97. The number of nitrogens with zero attached hydrogens (tertiary/aromatic N) is 1. The van der Waals surface area contributed by atoms with Gasteiger partial charge < -0.3 is 30.1 Å². The highest BCUT2D eigenvalue weighted by Gasteiger charge is 2.42. The van der Waals surface area contributed by atoms with Gasteiger partial charge in [-0.15, -0.1) is 0 Å². The lowest BCUT2D eigenvalue weighted by atomic mass is 9.62. The number of carbonyl (C=O) groups is 3. The maximum atomic E-state index is 12.3. The summed E-state index contributed by atoms with van der Waals surface area (Å²) < 4.78 is 11.0. The molecule has 1 saturated carbocycles. The van der Waals surface area contributed by atoms with E-state index in [-0.39, 0.29) is 30.0 Å². The van der Waals surface area contributed by atoms with Crippen LogP contribution < -0.4 is 10.6 Å². The van der Waals surface area contributed by atoms with Crippen LogP contribution in [0.15, 0.2) is 24.0 Å². The number of alkyl carbamates (subject to hydrolysis) is 1. The summed E-state index contributed by atoms with van der Waals surface area (Å²) in [6.07, 6.45) is 8.94. The summed E-state index contributed by atoms with van der Waals surface area (Å²) in [6, 6.07) is -0.520. The Balaban J connectivity index is 1.80. The molecule has 0 radical (unpaired) electrons. The second-order valence-electron chi connectivity index (χ2n) is 10.5. The first-order chi connectivity index (χ1) is 15.4. The zero-order chi connectivity index (χ0) is 24.6. The molecule has 2 aliphatic rings. The number of carboxylic acids is 1. The van der Waals surface area contributed by atoms with E-state index in [0.717, 1.165) is 29.9 Å². The van der Waals surface area contributed by atoms with Crippen LogP contribution >= 0.6 is 0 Å². The molecule has 3 amide bonds. The van der Waals surface area contributed by atoms with Crippen LogP contribution in [0.3, 0.4) is 0 Å². The maximum absolute atomic E-state index is 12.3. The fraction of sp³-hybridized carbons (Fsp3) is 0.708. The van der Waals surface area contributed by atoms with E-state index in [9.17, 15) is 14.4 Å². The minimum absolute atomic E-state index is 0.0394. The van der Waals surface area contributed by atoms with Gasteiger partial charge >= 0.3 is 18.1 Å². The Hall–Kier alpha value is -2.71. The van der Waals surface area contributed by atoms with Crippen LogP contribution in [-0.4, -0.2) is 67.5 Å². The lowest BCUT2D eigenvalue weighted by molar-refractivity contribution is -0.137. The summed E-state index contributed by atoms with van der Waals surface area (Å²) in [6.45, 7) is 8.96. The van der Waals surface area contributed by atoms with Gasteiger partial charge in [0.1, 0.15) is 25.5 Å². The van der Waals surface area contributed by atoms with Gasteiger partial charge in [-0.1, -0.05) is 33.8 Å². The molecule has 0 aliphatic heterocycles. The van der Waals surface area contributed by atoms with Gasteiger partial charge in [-0.05, 0) is 54.6 Å². The van der Waals surface area contributed by atoms with E-state index in [1.165, 1.54) is 7.05 Å². The SMILES string of the molecule is CC1C=C(OCCOC(=O)NC2CC(C)(C)CC(C)(CNC(=O)N(C)CC(=O)O)C2)C=CC1. The molecule has 9 heteroatoms. The molecule has 0 spiro atoms. The van der Waals surface area contributed by atoms with Gasteiger partial charge in [-0.25, -0.2) is 9.59 Å². The average molecular weight is 466 g/mol. The zero-order valence-electron chi connectivity index (χ0n) is 20.5. The molecule has 2 rings (SSSR count). The topological polar surface area (TPSA) is 117 Å². The first kappa shape index (κ1) is 26.5. The molecule has 3 unspecified atom stereocenters. The number of allylic oxidation sites excluding steroid dienone is 3. The lowest BCUT2D eigenvalue weighted by Gasteiger charge is -2.46. The molecule has 3 N–H and O–H groups in total. The first-order valence-corrected chi connectivity index (χ1v) is 11.5. The van der Waals surface area contributed by atoms with Gasteiger partial charge in [0.25, 0.3) is 0 Å². The van der Waals surface area contributed by atoms with Crippen molar-refractivity contribution in [1.29, 1.82) is 0 Å². The third-order valence-corrected chi connectivity index (χ3v) is 5.97. The lowest BCUT2D eigenvalue weighted by Crippen LogP contribution is -2.51. The van der Waals surface area contributed by atoms with Gasteiger partial charge in [-0.3, -0.25) is 4.79 Å². The molecule has 0 aromatic rings. The van der Waals surface area contributed by atoms with E-state index in [0.29, 0.717) is 25.5 Å². The van der Waals surface area contributed by atoms with Gasteiger partial charge in [0.2, 0.25) is 0 Å². The average Bonchev–Trinajstić information content (AvgIpc) is 2.67. The number of carboxylic acid groups (broad SMARTS) is 1. The van der Waals surface area contributed by atoms with E-state index < -0.39 is 18.1 Å². The standard InChI is InChI=1S/C24H39N3O6/c1-17-7-6-8-19(11-17)32-9-10-33-22(31)26-18-12-23(2,3)15-24(4,13-18)16-25-21(30)27(5)14-20(28)29/h6,8,11,17-18H,7,9-10,12-16H2,1-5H3,(H,25,30)(H,26,31)(H,28,29). The van der Waals surface area contributed by atoms with Crippen LogP contribution in [0.25, 0.3) is 0 Å². The van der Waals surface area contributed by atoms with Crippen LogP contribution in [0.4, 0.5) is 9.59 Å².